The molecule has 1 aliphatic rings. The first-order chi connectivity index (χ1) is 20.5. The summed E-state index contributed by atoms with van der Waals surface area (Å²) in [6.07, 6.45) is 4.26. The molecule has 1 aromatic carbocycles. The van der Waals surface area contributed by atoms with E-state index in [-0.39, 0.29) is 22.8 Å². The zero-order valence-corrected chi connectivity index (χ0v) is 25.4. The standard InChI is InChI=1S/C30H38ClFN4O5S/c1-2-38-16-17-40-19-18-39-15-13-33-28(37)30(21-22-5-3-8-26(35-22)36-29-34-14-20-42-29)11-9-23(10-12-30)41-25-7-4-6-24(31)27(25)32/h3-8,14,20,23H,2,9-13,15-19,21H2,1H3,(H,33,37)(H,34,35,36). The molecule has 1 saturated carbocycles. The molecule has 2 aromatic heterocycles. The number of hydrogen-bond acceptors (Lipinski definition) is 9. The van der Waals surface area contributed by atoms with Gasteiger partial charge in [0.2, 0.25) is 5.91 Å². The predicted molar refractivity (Wildman–Crippen MR) is 161 cm³/mol. The number of benzene rings is 1. The van der Waals surface area contributed by atoms with Crippen molar-refractivity contribution in [3.05, 3.63) is 64.5 Å². The predicted octanol–water partition coefficient (Wildman–Crippen LogP) is 5.81. The Labute approximate surface area is 255 Å². The molecule has 4 rings (SSSR count). The number of rotatable bonds is 17. The number of anilines is 2. The lowest BCUT2D eigenvalue weighted by molar-refractivity contribution is -0.134. The molecule has 3 aromatic rings. The van der Waals surface area contributed by atoms with E-state index >= 15 is 0 Å². The van der Waals surface area contributed by atoms with Crippen LogP contribution in [0.1, 0.15) is 38.3 Å². The van der Waals surface area contributed by atoms with Gasteiger partial charge in [0.25, 0.3) is 0 Å². The van der Waals surface area contributed by atoms with Crippen molar-refractivity contribution in [3.8, 4) is 5.75 Å². The van der Waals surface area contributed by atoms with E-state index in [2.05, 4.69) is 15.6 Å². The van der Waals surface area contributed by atoms with Gasteiger partial charge in [-0.2, -0.15) is 0 Å². The van der Waals surface area contributed by atoms with Crippen LogP contribution < -0.4 is 15.4 Å². The Morgan fingerprint density at radius 3 is 2.55 bits per heavy atom. The number of thiazole rings is 1. The number of carbonyl (C=O) groups is 1. The molecule has 9 nitrogen and oxygen atoms in total. The third-order valence-electron chi connectivity index (χ3n) is 7.05. The quantitative estimate of drug-likeness (QED) is 0.182. The molecule has 0 bridgehead atoms. The summed E-state index contributed by atoms with van der Waals surface area (Å²) in [6, 6.07) is 10.5. The summed E-state index contributed by atoms with van der Waals surface area (Å²) in [4.78, 5) is 22.7. The number of pyridine rings is 1. The van der Waals surface area contributed by atoms with Crippen LogP contribution in [0.3, 0.4) is 0 Å². The van der Waals surface area contributed by atoms with E-state index in [9.17, 15) is 9.18 Å². The minimum absolute atomic E-state index is 0.0219. The first-order valence-corrected chi connectivity index (χ1v) is 15.5. The van der Waals surface area contributed by atoms with Crippen LogP contribution in [0.5, 0.6) is 5.75 Å². The lowest BCUT2D eigenvalue weighted by atomic mass is 9.69. The maximum Gasteiger partial charge on any atom is 0.226 e. The van der Waals surface area contributed by atoms with Gasteiger partial charge in [0.15, 0.2) is 16.7 Å². The number of ether oxygens (including phenoxy) is 4. The molecule has 0 saturated heterocycles. The maximum atomic E-state index is 14.5. The van der Waals surface area contributed by atoms with Crippen molar-refractivity contribution in [1.82, 2.24) is 15.3 Å². The molecule has 0 radical (unpaired) electrons. The molecule has 2 N–H and O–H groups in total. The topological polar surface area (TPSA) is 104 Å². The minimum Gasteiger partial charge on any atom is -0.487 e. The van der Waals surface area contributed by atoms with Crippen molar-refractivity contribution < 1.29 is 28.1 Å². The van der Waals surface area contributed by atoms with Crippen molar-refractivity contribution in [2.24, 2.45) is 5.41 Å². The lowest BCUT2D eigenvalue weighted by Crippen LogP contribution is -2.47. The SMILES string of the molecule is CCOCCOCCOCCNC(=O)C1(Cc2cccc(Nc3nccs3)n2)CCC(Oc2cccc(Cl)c2F)CC1. The van der Waals surface area contributed by atoms with Gasteiger partial charge in [-0.1, -0.05) is 23.7 Å². The molecule has 228 valence electrons. The van der Waals surface area contributed by atoms with Crippen LogP contribution in [0.2, 0.25) is 5.02 Å². The van der Waals surface area contributed by atoms with Gasteiger partial charge >= 0.3 is 0 Å². The Morgan fingerprint density at radius 1 is 1.07 bits per heavy atom. The van der Waals surface area contributed by atoms with Gasteiger partial charge in [0.1, 0.15) is 5.82 Å². The summed E-state index contributed by atoms with van der Waals surface area (Å²) in [5.74, 6) is 0.183. The number of carbonyl (C=O) groups excluding carboxylic acids is 1. The highest BCUT2D eigenvalue weighted by Gasteiger charge is 2.43. The van der Waals surface area contributed by atoms with Crippen LogP contribution in [0.25, 0.3) is 0 Å². The van der Waals surface area contributed by atoms with E-state index < -0.39 is 11.2 Å². The van der Waals surface area contributed by atoms with Crippen LogP contribution in [0.4, 0.5) is 15.3 Å². The first-order valence-electron chi connectivity index (χ1n) is 14.2. The molecule has 1 amide bonds. The second-order valence-corrected chi connectivity index (χ2v) is 11.3. The molecule has 0 unspecified atom stereocenters. The summed E-state index contributed by atoms with van der Waals surface area (Å²) < 4.78 is 36.7. The van der Waals surface area contributed by atoms with E-state index in [1.165, 1.54) is 17.4 Å². The number of halogens is 2. The average molecular weight is 621 g/mol. The molecule has 0 spiro atoms. The Bertz CT molecular complexity index is 1240. The first kappa shape index (κ1) is 32.1. The maximum absolute atomic E-state index is 14.5. The van der Waals surface area contributed by atoms with Crippen molar-refractivity contribution in [2.75, 3.05) is 51.5 Å². The van der Waals surface area contributed by atoms with E-state index in [1.807, 2.05) is 30.5 Å². The molecule has 1 aliphatic carbocycles. The second kappa shape index (κ2) is 16.7. The zero-order valence-electron chi connectivity index (χ0n) is 23.8. The third kappa shape index (κ3) is 9.60. The Hall–Kier alpha value is -2.83. The number of nitrogens with one attached hydrogen (secondary N) is 2. The Morgan fingerprint density at radius 2 is 1.81 bits per heavy atom. The van der Waals surface area contributed by atoms with Crippen LogP contribution in [0, 0.1) is 11.2 Å². The Balaban J connectivity index is 1.35. The van der Waals surface area contributed by atoms with E-state index in [1.54, 1.807) is 18.3 Å². The monoisotopic (exact) mass is 620 g/mol. The molecule has 12 heteroatoms. The summed E-state index contributed by atoms with van der Waals surface area (Å²) >= 11 is 7.42. The minimum atomic E-state index is -0.693. The number of hydrogen-bond donors (Lipinski definition) is 2. The summed E-state index contributed by atoms with van der Waals surface area (Å²) in [5.41, 5.74) is 0.106. The van der Waals surface area contributed by atoms with E-state index in [4.69, 9.17) is 35.5 Å². The fourth-order valence-corrected chi connectivity index (χ4v) is 5.60. The second-order valence-electron chi connectivity index (χ2n) is 9.98. The van der Waals surface area contributed by atoms with E-state index in [0.29, 0.717) is 84.1 Å². The van der Waals surface area contributed by atoms with Gasteiger partial charge in [0.05, 0.1) is 49.6 Å². The zero-order chi connectivity index (χ0) is 29.6. The third-order valence-corrected chi connectivity index (χ3v) is 8.04. The van der Waals surface area contributed by atoms with Crippen molar-refractivity contribution >= 4 is 39.8 Å². The summed E-state index contributed by atoms with van der Waals surface area (Å²) in [5, 5.41) is 8.94. The largest absolute Gasteiger partial charge is 0.487 e. The normalized spacial score (nSPS) is 18.5. The molecule has 2 heterocycles. The highest BCUT2D eigenvalue weighted by atomic mass is 35.5. The van der Waals surface area contributed by atoms with E-state index in [0.717, 1.165) is 10.8 Å². The van der Waals surface area contributed by atoms with Gasteiger partial charge in [-0.3, -0.25) is 4.79 Å². The lowest BCUT2D eigenvalue weighted by Gasteiger charge is -2.39. The molecular formula is C30H38ClFN4O5S. The van der Waals surface area contributed by atoms with Gasteiger partial charge in [-0.05, 0) is 56.9 Å². The number of nitrogens with zero attached hydrogens (tertiary/aromatic N) is 2. The molecule has 0 atom stereocenters. The van der Waals surface area contributed by atoms with Crippen LogP contribution >= 0.6 is 22.9 Å². The van der Waals surface area contributed by atoms with Crippen molar-refractivity contribution in [2.45, 2.75) is 45.1 Å². The van der Waals surface area contributed by atoms with Crippen molar-refractivity contribution in [1.29, 1.82) is 0 Å². The molecule has 1 fully saturated rings. The number of amides is 1. The van der Waals surface area contributed by atoms with Gasteiger partial charge in [-0.15, -0.1) is 11.3 Å². The molecule has 42 heavy (non-hydrogen) atoms. The summed E-state index contributed by atoms with van der Waals surface area (Å²) in [7, 11) is 0. The van der Waals surface area contributed by atoms with Gasteiger partial charge in [-0.25, -0.2) is 14.4 Å². The molecular weight excluding hydrogens is 583 g/mol. The smallest absolute Gasteiger partial charge is 0.226 e. The summed E-state index contributed by atoms with van der Waals surface area (Å²) in [6.45, 7) is 5.37. The van der Waals surface area contributed by atoms with Gasteiger partial charge < -0.3 is 29.6 Å². The average Bonchev–Trinajstić information content (AvgIpc) is 3.50. The van der Waals surface area contributed by atoms with Crippen LogP contribution in [-0.2, 0) is 25.4 Å². The Kier molecular flexibility index (Phi) is 12.8. The fourth-order valence-electron chi connectivity index (χ4n) is 4.90. The highest BCUT2D eigenvalue weighted by Crippen LogP contribution is 2.41. The van der Waals surface area contributed by atoms with Crippen molar-refractivity contribution in [3.63, 3.8) is 0 Å². The van der Waals surface area contributed by atoms with Crippen LogP contribution in [0.15, 0.2) is 48.0 Å². The van der Waals surface area contributed by atoms with Crippen LogP contribution in [-0.4, -0.2) is 68.2 Å². The number of aromatic nitrogens is 2. The fraction of sp³-hybridized carbons (Fsp3) is 0.500. The van der Waals surface area contributed by atoms with Gasteiger partial charge in [0, 0.05) is 36.8 Å². The highest BCUT2D eigenvalue weighted by molar-refractivity contribution is 7.13. The molecule has 0 aliphatic heterocycles.